The number of H-pyrrole nitrogens is 1. The van der Waals surface area contributed by atoms with Crippen molar-refractivity contribution in [3.63, 3.8) is 0 Å². The summed E-state index contributed by atoms with van der Waals surface area (Å²) >= 11 is 0. The maximum absolute atomic E-state index is 12.9. The van der Waals surface area contributed by atoms with E-state index in [9.17, 15) is 9.90 Å². The van der Waals surface area contributed by atoms with Gasteiger partial charge in [-0.05, 0) is 23.3 Å². The van der Waals surface area contributed by atoms with Crippen LogP contribution < -0.4 is 4.90 Å². The Morgan fingerprint density at radius 1 is 1.07 bits per heavy atom. The monoisotopic (exact) mass is 378 g/mol. The highest BCUT2D eigenvalue weighted by Gasteiger charge is 2.37. The Balaban J connectivity index is 0.00000109. The van der Waals surface area contributed by atoms with Crippen molar-refractivity contribution in [3.05, 3.63) is 72.6 Å². The summed E-state index contributed by atoms with van der Waals surface area (Å²) in [5.41, 5.74) is 3.89. The molecule has 6 nitrogen and oxygen atoms in total. The molecule has 1 unspecified atom stereocenters. The molecule has 2 N–H and O–H groups in total. The molecule has 28 heavy (non-hydrogen) atoms. The number of aromatic nitrogens is 2. The third-order valence-electron chi connectivity index (χ3n) is 4.68. The average Bonchev–Trinajstić information content (AvgIpc) is 3.39. The van der Waals surface area contributed by atoms with Gasteiger partial charge in [0, 0.05) is 30.5 Å². The molecule has 0 bridgehead atoms. The van der Waals surface area contributed by atoms with Gasteiger partial charge in [0.2, 0.25) is 0 Å². The third-order valence-corrected chi connectivity index (χ3v) is 4.68. The molecule has 0 saturated carbocycles. The Kier molecular flexibility index (Phi) is 6.45. The molecule has 1 aromatic heterocycles. The fourth-order valence-corrected chi connectivity index (χ4v) is 3.34. The molecule has 1 saturated heterocycles. The topological polar surface area (TPSA) is 72.5 Å². The number of rotatable bonds is 5. The molecule has 1 fully saturated rings. The van der Waals surface area contributed by atoms with Crippen LogP contribution in [-0.2, 0) is 6.54 Å². The number of anilines is 1. The molecule has 1 aliphatic rings. The second kappa shape index (κ2) is 9.19. The maximum Gasteiger partial charge on any atom is 0.325 e. The van der Waals surface area contributed by atoms with Crippen LogP contribution in [-0.4, -0.2) is 45.4 Å². The Morgan fingerprint density at radius 2 is 1.79 bits per heavy atom. The number of hydrogen-bond donors (Lipinski definition) is 2. The lowest BCUT2D eigenvalue weighted by atomic mass is 10.1. The molecule has 6 heteroatoms. The van der Waals surface area contributed by atoms with Crippen LogP contribution in [0.3, 0.4) is 0 Å². The van der Waals surface area contributed by atoms with Crippen molar-refractivity contribution in [1.82, 2.24) is 15.1 Å². The van der Waals surface area contributed by atoms with Gasteiger partial charge in [-0.25, -0.2) is 4.79 Å². The van der Waals surface area contributed by atoms with Crippen LogP contribution >= 0.6 is 0 Å². The molecule has 0 aliphatic carbocycles. The van der Waals surface area contributed by atoms with Gasteiger partial charge in [0.15, 0.2) is 0 Å². The molecule has 2 heterocycles. The van der Waals surface area contributed by atoms with E-state index in [1.807, 2.05) is 74.6 Å². The third kappa shape index (κ3) is 4.07. The van der Waals surface area contributed by atoms with Crippen LogP contribution in [0, 0.1) is 0 Å². The van der Waals surface area contributed by atoms with E-state index in [2.05, 4.69) is 10.2 Å². The summed E-state index contributed by atoms with van der Waals surface area (Å²) in [7, 11) is 0. The Labute approximate surface area is 165 Å². The number of aromatic amines is 1. The van der Waals surface area contributed by atoms with Crippen LogP contribution in [0.1, 0.15) is 19.4 Å². The van der Waals surface area contributed by atoms with E-state index in [1.54, 1.807) is 16.0 Å². The van der Waals surface area contributed by atoms with Gasteiger partial charge in [0.25, 0.3) is 0 Å². The van der Waals surface area contributed by atoms with Gasteiger partial charge in [-0.15, -0.1) is 0 Å². The maximum atomic E-state index is 12.9. The minimum atomic E-state index is -0.244. The van der Waals surface area contributed by atoms with Crippen molar-refractivity contribution in [2.75, 3.05) is 18.1 Å². The first-order chi connectivity index (χ1) is 13.8. The molecule has 2 aromatic carbocycles. The van der Waals surface area contributed by atoms with Crippen molar-refractivity contribution in [1.29, 1.82) is 0 Å². The van der Waals surface area contributed by atoms with Crippen LogP contribution in [0.4, 0.5) is 10.5 Å². The fourth-order valence-electron chi connectivity index (χ4n) is 3.34. The standard InChI is InChI=1S/C20H20N4O2.C2H6/c25-14-19-13-23(12-15-4-2-1-3-5-15)20(26)24(19)18-8-6-16(7-9-18)17-10-21-22-11-17;1-2/h1-11,19,25H,12-14H2,(H,21,22);1-2H3. The fraction of sp³-hybridized carbons (Fsp3) is 0.273. The van der Waals surface area contributed by atoms with Crippen LogP contribution in [0.5, 0.6) is 0 Å². The minimum absolute atomic E-state index is 0.0689. The van der Waals surface area contributed by atoms with Crippen LogP contribution in [0.25, 0.3) is 11.1 Å². The largest absolute Gasteiger partial charge is 0.394 e. The number of aliphatic hydroxyl groups excluding tert-OH is 1. The number of carbonyl (C=O) groups excluding carboxylic acids is 1. The molecular formula is C22H26N4O2. The molecule has 146 valence electrons. The summed E-state index contributed by atoms with van der Waals surface area (Å²) in [6.45, 7) is 4.98. The minimum Gasteiger partial charge on any atom is -0.394 e. The van der Waals surface area contributed by atoms with Crippen LogP contribution in [0.15, 0.2) is 67.0 Å². The molecule has 3 aromatic rings. The van der Waals surface area contributed by atoms with Crippen molar-refractivity contribution >= 4 is 11.7 Å². The molecule has 0 spiro atoms. The summed E-state index contributed by atoms with van der Waals surface area (Å²) in [5, 5.41) is 16.5. The summed E-state index contributed by atoms with van der Waals surface area (Å²) < 4.78 is 0. The van der Waals surface area contributed by atoms with E-state index < -0.39 is 0 Å². The first kappa shape index (κ1) is 19.6. The zero-order chi connectivity index (χ0) is 19.9. The lowest BCUT2D eigenvalue weighted by Crippen LogP contribution is -2.36. The summed E-state index contributed by atoms with van der Waals surface area (Å²) in [6.07, 6.45) is 3.59. The average molecular weight is 378 g/mol. The van der Waals surface area contributed by atoms with Gasteiger partial charge in [0.1, 0.15) is 0 Å². The Hall–Kier alpha value is -3.12. The number of nitrogens with one attached hydrogen (secondary N) is 1. The zero-order valence-corrected chi connectivity index (χ0v) is 16.2. The summed E-state index contributed by atoms with van der Waals surface area (Å²) in [6, 6.07) is 17.3. The number of benzene rings is 2. The predicted molar refractivity (Wildman–Crippen MR) is 111 cm³/mol. The van der Waals surface area contributed by atoms with E-state index in [4.69, 9.17) is 0 Å². The number of hydrogen-bond acceptors (Lipinski definition) is 3. The van der Waals surface area contributed by atoms with Gasteiger partial charge in [0.05, 0.1) is 18.8 Å². The Morgan fingerprint density at radius 3 is 2.39 bits per heavy atom. The smallest absolute Gasteiger partial charge is 0.325 e. The van der Waals surface area contributed by atoms with Crippen LogP contribution in [0.2, 0.25) is 0 Å². The van der Waals surface area contributed by atoms with E-state index in [0.717, 1.165) is 22.4 Å². The van der Waals surface area contributed by atoms with Crippen molar-refractivity contribution in [2.24, 2.45) is 0 Å². The second-order valence-electron chi connectivity index (χ2n) is 6.39. The highest BCUT2D eigenvalue weighted by molar-refractivity contribution is 5.95. The van der Waals surface area contributed by atoms with E-state index in [0.29, 0.717) is 13.1 Å². The lowest BCUT2D eigenvalue weighted by Gasteiger charge is -2.22. The molecule has 2 amide bonds. The second-order valence-corrected chi connectivity index (χ2v) is 6.39. The molecule has 4 rings (SSSR count). The molecular weight excluding hydrogens is 352 g/mol. The van der Waals surface area contributed by atoms with Gasteiger partial charge in [-0.2, -0.15) is 5.10 Å². The number of urea groups is 1. The van der Waals surface area contributed by atoms with Gasteiger partial charge >= 0.3 is 6.03 Å². The normalized spacial score (nSPS) is 16.1. The predicted octanol–water partition coefficient (Wildman–Crippen LogP) is 3.91. The molecule has 0 radical (unpaired) electrons. The van der Waals surface area contributed by atoms with Crippen molar-refractivity contribution in [3.8, 4) is 11.1 Å². The van der Waals surface area contributed by atoms with E-state index in [-0.39, 0.29) is 18.7 Å². The van der Waals surface area contributed by atoms with Gasteiger partial charge in [-0.3, -0.25) is 10.00 Å². The number of aliphatic hydroxyl groups is 1. The van der Waals surface area contributed by atoms with E-state index in [1.165, 1.54) is 0 Å². The summed E-state index contributed by atoms with van der Waals surface area (Å²) in [5.74, 6) is 0. The first-order valence-electron chi connectivity index (χ1n) is 9.58. The van der Waals surface area contributed by atoms with Crippen molar-refractivity contribution in [2.45, 2.75) is 26.4 Å². The lowest BCUT2D eigenvalue weighted by molar-refractivity contribution is 0.217. The van der Waals surface area contributed by atoms with Crippen molar-refractivity contribution < 1.29 is 9.90 Å². The van der Waals surface area contributed by atoms with E-state index >= 15 is 0 Å². The summed E-state index contributed by atoms with van der Waals surface area (Å²) in [4.78, 5) is 16.4. The highest BCUT2D eigenvalue weighted by atomic mass is 16.3. The number of nitrogens with zero attached hydrogens (tertiary/aromatic N) is 3. The Bertz CT molecular complexity index is 863. The quantitative estimate of drug-likeness (QED) is 0.707. The SMILES string of the molecule is CC.O=C1N(Cc2ccccc2)CC(CO)N1c1ccc(-c2cn[nH]c2)cc1. The molecule has 1 atom stereocenters. The van der Waals surface area contributed by atoms with Gasteiger partial charge < -0.3 is 10.0 Å². The first-order valence-corrected chi connectivity index (χ1v) is 9.58. The highest BCUT2D eigenvalue weighted by Crippen LogP contribution is 2.28. The van der Waals surface area contributed by atoms with Gasteiger partial charge in [-0.1, -0.05) is 56.3 Å². The number of carbonyl (C=O) groups is 1. The molecule has 1 aliphatic heterocycles. The number of amides is 2. The zero-order valence-electron chi connectivity index (χ0n) is 16.2.